The van der Waals surface area contributed by atoms with E-state index in [2.05, 4.69) is 31.1 Å². The average Bonchev–Trinajstić information content (AvgIpc) is 2.73. The summed E-state index contributed by atoms with van der Waals surface area (Å²) in [6.07, 6.45) is -0.316. The maximum absolute atomic E-state index is 12.1. The topological polar surface area (TPSA) is 114 Å². The first kappa shape index (κ1) is 22.1. The highest BCUT2D eigenvalue weighted by molar-refractivity contribution is 9.10. The summed E-state index contributed by atoms with van der Waals surface area (Å²) < 4.78 is 10.6. The lowest BCUT2D eigenvalue weighted by Gasteiger charge is -2.10. The van der Waals surface area contributed by atoms with E-state index in [-0.39, 0.29) is 30.7 Å². The number of methoxy groups -OCH3 is 1. The van der Waals surface area contributed by atoms with Gasteiger partial charge in [-0.2, -0.15) is 0 Å². The van der Waals surface area contributed by atoms with Crippen molar-refractivity contribution in [3.63, 3.8) is 0 Å². The zero-order valence-electron chi connectivity index (χ0n) is 15.6. The number of anilines is 1. The van der Waals surface area contributed by atoms with Crippen LogP contribution in [0.5, 0.6) is 0 Å². The van der Waals surface area contributed by atoms with Crippen LogP contribution in [-0.4, -0.2) is 42.5 Å². The Morgan fingerprint density at radius 1 is 1.07 bits per heavy atom. The summed E-state index contributed by atoms with van der Waals surface area (Å²) in [6, 6.07) is 13.3. The van der Waals surface area contributed by atoms with Gasteiger partial charge in [0.15, 0.2) is 0 Å². The summed E-state index contributed by atoms with van der Waals surface area (Å²) >= 11 is 3.30. The number of halogens is 1. The molecule has 0 spiro atoms. The summed E-state index contributed by atoms with van der Waals surface area (Å²) in [5, 5.41) is 14.8. The molecule has 2 rings (SSSR count). The van der Waals surface area contributed by atoms with Crippen molar-refractivity contribution in [2.75, 3.05) is 19.0 Å². The molecule has 0 aromatic heterocycles. The van der Waals surface area contributed by atoms with Crippen molar-refractivity contribution in [2.24, 2.45) is 5.16 Å². The van der Waals surface area contributed by atoms with Crippen LogP contribution >= 0.6 is 15.9 Å². The number of benzene rings is 2. The Morgan fingerprint density at radius 3 is 2.41 bits per heavy atom. The quantitative estimate of drug-likeness (QED) is 0.269. The third-order valence-electron chi connectivity index (χ3n) is 3.83. The number of nitrogens with zero attached hydrogens (tertiary/aromatic N) is 1. The molecular formula is C20H19BrN2O6. The number of amides is 1. The highest BCUT2D eigenvalue weighted by atomic mass is 79.9. The first-order valence-electron chi connectivity index (χ1n) is 8.54. The lowest BCUT2D eigenvalue weighted by molar-refractivity contribution is -0.143. The molecule has 0 saturated heterocycles. The van der Waals surface area contributed by atoms with Crippen molar-refractivity contribution in [2.45, 2.75) is 12.8 Å². The van der Waals surface area contributed by atoms with Gasteiger partial charge in [0.1, 0.15) is 12.3 Å². The lowest BCUT2D eigenvalue weighted by Crippen LogP contribution is -2.19. The highest BCUT2D eigenvalue weighted by Crippen LogP contribution is 2.16. The summed E-state index contributed by atoms with van der Waals surface area (Å²) in [5.74, 6) is -1.66. The number of ether oxygens (including phenoxy) is 2. The van der Waals surface area contributed by atoms with E-state index in [1.165, 1.54) is 13.2 Å². The molecule has 0 fully saturated rings. The Labute approximate surface area is 175 Å². The van der Waals surface area contributed by atoms with E-state index in [0.717, 1.165) is 4.47 Å². The number of hydrogen-bond donors (Lipinski definition) is 2. The van der Waals surface area contributed by atoms with Crippen molar-refractivity contribution in [1.82, 2.24) is 0 Å². The van der Waals surface area contributed by atoms with Gasteiger partial charge >= 0.3 is 11.9 Å². The molecule has 2 aromatic rings. The molecule has 1 amide bonds. The second kappa shape index (κ2) is 11.0. The van der Waals surface area contributed by atoms with Gasteiger partial charge in [0.25, 0.3) is 0 Å². The van der Waals surface area contributed by atoms with Crippen LogP contribution in [0.2, 0.25) is 0 Å². The van der Waals surface area contributed by atoms with Gasteiger partial charge in [0.05, 0.1) is 24.8 Å². The highest BCUT2D eigenvalue weighted by Gasteiger charge is 2.15. The molecule has 8 nitrogen and oxygen atoms in total. The maximum atomic E-state index is 12.1. The number of esters is 2. The van der Waals surface area contributed by atoms with Crippen molar-refractivity contribution >= 4 is 45.2 Å². The molecule has 0 atom stereocenters. The SMILES string of the molecule is COC(=O)c1ccccc1NC(=O)CCC(=O)OCC(=NO)c1ccc(Br)cc1. The summed E-state index contributed by atoms with van der Waals surface area (Å²) in [6.45, 7) is -0.232. The second-order valence-corrected chi connectivity index (χ2v) is 6.72. The molecule has 0 aliphatic carbocycles. The van der Waals surface area contributed by atoms with Crippen LogP contribution in [-0.2, 0) is 19.1 Å². The van der Waals surface area contributed by atoms with Gasteiger partial charge < -0.3 is 20.0 Å². The fourth-order valence-corrected chi connectivity index (χ4v) is 2.61. The summed E-state index contributed by atoms with van der Waals surface area (Å²) in [5.41, 5.74) is 1.29. The van der Waals surface area contributed by atoms with Gasteiger partial charge in [0, 0.05) is 16.5 Å². The van der Waals surface area contributed by atoms with Crippen molar-refractivity contribution < 1.29 is 29.1 Å². The Kier molecular flexibility index (Phi) is 8.35. The summed E-state index contributed by atoms with van der Waals surface area (Å²) in [7, 11) is 1.25. The molecule has 0 saturated carbocycles. The zero-order chi connectivity index (χ0) is 21.2. The van der Waals surface area contributed by atoms with Gasteiger partial charge in [0.2, 0.25) is 5.91 Å². The lowest BCUT2D eigenvalue weighted by atomic mass is 10.1. The van der Waals surface area contributed by atoms with Crippen LogP contribution in [0, 0.1) is 0 Å². The third kappa shape index (κ3) is 6.72. The van der Waals surface area contributed by atoms with E-state index < -0.39 is 17.8 Å². The molecule has 29 heavy (non-hydrogen) atoms. The minimum absolute atomic E-state index is 0.141. The molecule has 2 N–H and O–H groups in total. The van der Waals surface area contributed by atoms with Crippen molar-refractivity contribution in [1.29, 1.82) is 0 Å². The molecule has 0 aliphatic heterocycles. The van der Waals surface area contributed by atoms with Gasteiger partial charge in [-0.1, -0.05) is 45.4 Å². The fourth-order valence-electron chi connectivity index (χ4n) is 2.34. The van der Waals surface area contributed by atoms with Gasteiger partial charge in [-0.15, -0.1) is 0 Å². The Bertz CT molecular complexity index is 911. The molecular weight excluding hydrogens is 444 g/mol. The van der Waals surface area contributed by atoms with Gasteiger partial charge in [-0.05, 0) is 24.3 Å². The average molecular weight is 463 g/mol. The largest absolute Gasteiger partial charge is 0.465 e. The molecule has 9 heteroatoms. The smallest absolute Gasteiger partial charge is 0.339 e. The van der Waals surface area contributed by atoms with Crippen LogP contribution < -0.4 is 5.32 Å². The van der Waals surface area contributed by atoms with E-state index in [0.29, 0.717) is 11.3 Å². The molecule has 152 valence electrons. The monoisotopic (exact) mass is 462 g/mol. The van der Waals surface area contributed by atoms with Crippen LogP contribution in [0.25, 0.3) is 0 Å². The first-order chi connectivity index (χ1) is 13.9. The van der Waals surface area contributed by atoms with Crippen LogP contribution in [0.15, 0.2) is 58.2 Å². The van der Waals surface area contributed by atoms with Crippen LogP contribution in [0.1, 0.15) is 28.8 Å². The normalized spacial score (nSPS) is 10.9. The van der Waals surface area contributed by atoms with E-state index in [1.807, 2.05) is 0 Å². The Hall–Kier alpha value is -3.20. The minimum Gasteiger partial charge on any atom is -0.465 e. The number of carbonyl (C=O) groups is 3. The van der Waals surface area contributed by atoms with Gasteiger partial charge in [-0.3, -0.25) is 9.59 Å². The number of para-hydroxylation sites is 1. The number of nitrogens with one attached hydrogen (secondary N) is 1. The third-order valence-corrected chi connectivity index (χ3v) is 4.36. The fraction of sp³-hybridized carbons (Fsp3) is 0.200. The van der Waals surface area contributed by atoms with E-state index >= 15 is 0 Å². The van der Waals surface area contributed by atoms with E-state index in [1.54, 1.807) is 42.5 Å². The maximum Gasteiger partial charge on any atom is 0.339 e. The number of hydrogen-bond acceptors (Lipinski definition) is 7. The first-order valence-corrected chi connectivity index (χ1v) is 9.33. The predicted molar refractivity (Wildman–Crippen MR) is 109 cm³/mol. The molecule has 0 heterocycles. The minimum atomic E-state index is -0.625. The van der Waals surface area contributed by atoms with E-state index in [9.17, 15) is 14.4 Å². The Balaban J connectivity index is 1.84. The molecule has 0 unspecified atom stereocenters. The van der Waals surface area contributed by atoms with E-state index in [4.69, 9.17) is 9.94 Å². The van der Waals surface area contributed by atoms with Crippen LogP contribution in [0.4, 0.5) is 5.69 Å². The Morgan fingerprint density at radius 2 is 1.76 bits per heavy atom. The number of oxime groups is 1. The van der Waals surface area contributed by atoms with Gasteiger partial charge in [-0.25, -0.2) is 4.79 Å². The van der Waals surface area contributed by atoms with Crippen molar-refractivity contribution in [3.05, 3.63) is 64.1 Å². The zero-order valence-corrected chi connectivity index (χ0v) is 17.1. The van der Waals surface area contributed by atoms with Crippen molar-refractivity contribution in [3.8, 4) is 0 Å². The predicted octanol–water partition coefficient (Wildman–Crippen LogP) is 3.38. The van der Waals surface area contributed by atoms with Crippen LogP contribution in [0.3, 0.4) is 0 Å². The molecule has 2 aromatic carbocycles. The standard InChI is InChI=1S/C20H19BrN2O6/c1-28-20(26)15-4-2-3-5-16(15)22-18(24)10-11-19(25)29-12-17(23-27)13-6-8-14(21)9-7-13/h2-9,27H,10-12H2,1H3,(H,22,24). The molecule has 0 aliphatic rings. The molecule has 0 radical (unpaired) electrons. The second-order valence-electron chi connectivity index (χ2n) is 5.80. The summed E-state index contributed by atoms with van der Waals surface area (Å²) in [4.78, 5) is 35.7. The number of carbonyl (C=O) groups excluding carboxylic acids is 3. The molecule has 0 bridgehead atoms. The number of rotatable bonds is 8.